The van der Waals surface area contributed by atoms with Gasteiger partial charge < -0.3 is 21.7 Å². The SMILES string of the molecule is Nc1ncnn2cc(C(=O)NC3CC3)c(-c3ccc(NC(=O)Nc4ccc(F)c(C(F)(F)F)c4)cc3)c12. The van der Waals surface area contributed by atoms with Gasteiger partial charge in [0.1, 0.15) is 17.7 Å². The fourth-order valence-electron chi connectivity index (χ4n) is 3.82. The number of hydrogen-bond acceptors (Lipinski definition) is 5. The van der Waals surface area contributed by atoms with Crippen molar-refractivity contribution in [1.29, 1.82) is 0 Å². The quantitative estimate of drug-likeness (QED) is 0.289. The van der Waals surface area contributed by atoms with Crippen molar-refractivity contribution in [2.24, 2.45) is 0 Å². The zero-order chi connectivity index (χ0) is 26.3. The summed E-state index contributed by atoms with van der Waals surface area (Å²) in [4.78, 5) is 29.2. The third-order valence-corrected chi connectivity index (χ3v) is 5.72. The standard InChI is InChI=1S/C24H19F4N7O2/c25-18-8-7-15(9-17(18)24(26,27)28)34-23(37)33-14-3-1-12(2-4-14)19-16(22(36)32-13-5-6-13)10-35-20(19)21(29)30-11-31-35/h1-4,7-11,13H,5-6H2,(H,32,36)(H2,29,30,31)(H2,33,34,37). The number of fused-ring (bicyclic) bond motifs is 1. The maximum atomic E-state index is 13.5. The summed E-state index contributed by atoms with van der Waals surface area (Å²) < 4.78 is 53.7. The minimum Gasteiger partial charge on any atom is -0.382 e. The number of amides is 3. The summed E-state index contributed by atoms with van der Waals surface area (Å²) in [6.45, 7) is 0. The first-order valence-electron chi connectivity index (χ1n) is 11.1. The van der Waals surface area contributed by atoms with Crippen molar-refractivity contribution in [3.63, 3.8) is 0 Å². The second-order valence-electron chi connectivity index (χ2n) is 8.45. The van der Waals surface area contributed by atoms with E-state index < -0.39 is 23.6 Å². The Morgan fingerprint density at radius 3 is 2.38 bits per heavy atom. The first-order valence-corrected chi connectivity index (χ1v) is 11.1. The van der Waals surface area contributed by atoms with Gasteiger partial charge in [-0.15, -0.1) is 0 Å². The van der Waals surface area contributed by atoms with Gasteiger partial charge in [-0.2, -0.15) is 18.3 Å². The van der Waals surface area contributed by atoms with Crippen molar-refractivity contribution in [2.45, 2.75) is 25.1 Å². The maximum absolute atomic E-state index is 13.5. The molecular formula is C24H19F4N7O2. The summed E-state index contributed by atoms with van der Waals surface area (Å²) in [6, 6.07) is 7.84. The van der Waals surface area contributed by atoms with Gasteiger partial charge >= 0.3 is 12.2 Å². The van der Waals surface area contributed by atoms with Crippen LogP contribution in [0.1, 0.15) is 28.8 Å². The highest BCUT2D eigenvalue weighted by Gasteiger charge is 2.34. The number of nitrogens with one attached hydrogen (secondary N) is 3. The van der Waals surface area contributed by atoms with Gasteiger partial charge in [0.05, 0.1) is 11.1 Å². The molecule has 37 heavy (non-hydrogen) atoms. The number of alkyl halides is 3. The van der Waals surface area contributed by atoms with Crippen LogP contribution in [-0.2, 0) is 6.18 Å². The first-order chi connectivity index (χ1) is 17.6. The molecule has 0 atom stereocenters. The Labute approximate surface area is 206 Å². The molecule has 3 amide bonds. The number of nitrogens with zero attached hydrogens (tertiary/aromatic N) is 3. The van der Waals surface area contributed by atoms with Gasteiger partial charge in [0.25, 0.3) is 5.91 Å². The molecule has 0 spiro atoms. The van der Waals surface area contributed by atoms with Crippen molar-refractivity contribution >= 4 is 34.6 Å². The summed E-state index contributed by atoms with van der Waals surface area (Å²) in [6.07, 6.45) is -0.236. The molecule has 1 fully saturated rings. The number of benzene rings is 2. The average molecular weight is 513 g/mol. The molecule has 0 bridgehead atoms. The van der Waals surface area contributed by atoms with Crippen LogP contribution in [0, 0.1) is 5.82 Å². The predicted octanol–water partition coefficient (Wildman–Crippen LogP) is 4.67. The fourth-order valence-corrected chi connectivity index (χ4v) is 3.82. The van der Waals surface area contributed by atoms with Crippen LogP contribution in [0.15, 0.2) is 55.0 Å². The monoisotopic (exact) mass is 513 g/mol. The Morgan fingerprint density at radius 2 is 1.70 bits per heavy atom. The number of carbonyl (C=O) groups is 2. The summed E-state index contributed by atoms with van der Waals surface area (Å²) in [7, 11) is 0. The van der Waals surface area contributed by atoms with E-state index in [2.05, 4.69) is 26.0 Å². The number of carbonyl (C=O) groups excluding carboxylic acids is 2. The first kappa shape index (κ1) is 24.0. The van der Waals surface area contributed by atoms with Crippen LogP contribution < -0.4 is 21.7 Å². The van der Waals surface area contributed by atoms with E-state index in [1.807, 2.05) is 0 Å². The normalized spacial score (nSPS) is 13.4. The number of nitrogen functional groups attached to an aromatic ring is 1. The van der Waals surface area contributed by atoms with Gasteiger partial charge in [0, 0.05) is 29.2 Å². The zero-order valence-electron chi connectivity index (χ0n) is 18.9. The van der Waals surface area contributed by atoms with E-state index in [1.54, 1.807) is 30.5 Å². The fraction of sp³-hybridized carbons (Fsp3) is 0.167. The molecule has 13 heteroatoms. The highest BCUT2D eigenvalue weighted by Crippen LogP contribution is 2.35. The van der Waals surface area contributed by atoms with Gasteiger partial charge in [-0.05, 0) is 48.7 Å². The second kappa shape index (κ2) is 9.08. The topological polar surface area (TPSA) is 126 Å². The van der Waals surface area contributed by atoms with E-state index in [4.69, 9.17) is 5.73 Å². The molecular weight excluding hydrogens is 494 g/mol. The van der Waals surface area contributed by atoms with Gasteiger partial charge in [0.15, 0.2) is 5.82 Å². The zero-order valence-corrected chi connectivity index (χ0v) is 18.9. The number of anilines is 3. The summed E-state index contributed by atoms with van der Waals surface area (Å²) in [5.41, 5.74) is 6.58. The van der Waals surface area contributed by atoms with Crippen LogP contribution in [-0.4, -0.2) is 32.6 Å². The molecule has 1 saturated carbocycles. The molecule has 1 aliphatic carbocycles. The Balaban J connectivity index is 1.38. The molecule has 0 radical (unpaired) electrons. The minimum absolute atomic E-state index is 0.130. The molecule has 4 aromatic rings. The lowest BCUT2D eigenvalue weighted by atomic mass is 10.0. The molecule has 5 rings (SSSR count). The third kappa shape index (κ3) is 5.01. The van der Waals surface area contributed by atoms with Gasteiger partial charge in [-0.1, -0.05) is 12.1 Å². The van der Waals surface area contributed by atoms with E-state index in [9.17, 15) is 27.2 Å². The van der Waals surface area contributed by atoms with Crippen molar-refractivity contribution in [3.8, 4) is 11.1 Å². The lowest BCUT2D eigenvalue weighted by molar-refractivity contribution is -0.139. The van der Waals surface area contributed by atoms with Crippen molar-refractivity contribution in [2.75, 3.05) is 16.4 Å². The van der Waals surface area contributed by atoms with Crippen molar-refractivity contribution < 1.29 is 27.2 Å². The van der Waals surface area contributed by atoms with Crippen LogP contribution in [0.25, 0.3) is 16.6 Å². The lowest BCUT2D eigenvalue weighted by Gasteiger charge is -2.12. The lowest BCUT2D eigenvalue weighted by Crippen LogP contribution is -2.25. The number of urea groups is 1. The largest absolute Gasteiger partial charge is 0.419 e. The maximum Gasteiger partial charge on any atom is 0.419 e. The molecule has 1 aliphatic rings. The van der Waals surface area contributed by atoms with Crippen LogP contribution in [0.3, 0.4) is 0 Å². The Hall–Kier alpha value is -4.68. The van der Waals surface area contributed by atoms with Crippen LogP contribution in [0.2, 0.25) is 0 Å². The Morgan fingerprint density at radius 1 is 1.03 bits per heavy atom. The molecule has 2 aromatic heterocycles. The smallest absolute Gasteiger partial charge is 0.382 e. The molecule has 9 nitrogen and oxygen atoms in total. The van der Waals surface area contributed by atoms with Gasteiger partial charge in [0.2, 0.25) is 0 Å². The van der Waals surface area contributed by atoms with Gasteiger partial charge in [-0.25, -0.2) is 18.7 Å². The average Bonchev–Trinajstić information content (AvgIpc) is 3.56. The molecule has 5 N–H and O–H groups in total. The molecule has 190 valence electrons. The molecule has 2 heterocycles. The summed E-state index contributed by atoms with van der Waals surface area (Å²) >= 11 is 0. The highest BCUT2D eigenvalue weighted by atomic mass is 19.4. The molecule has 0 saturated heterocycles. The second-order valence-corrected chi connectivity index (χ2v) is 8.45. The third-order valence-electron chi connectivity index (χ3n) is 5.72. The van der Waals surface area contributed by atoms with Crippen LogP contribution in [0.5, 0.6) is 0 Å². The van der Waals surface area contributed by atoms with E-state index in [0.717, 1.165) is 18.9 Å². The number of rotatable bonds is 5. The number of halogens is 4. The van der Waals surface area contributed by atoms with Crippen LogP contribution >= 0.6 is 0 Å². The Bertz CT molecular complexity index is 1510. The predicted molar refractivity (Wildman–Crippen MR) is 127 cm³/mol. The minimum atomic E-state index is -4.90. The number of aromatic nitrogens is 3. The molecule has 0 unspecified atom stereocenters. The van der Waals surface area contributed by atoms with Crippen molar-refractivity contribution in [3.05, 3.63) is 71.9 Å². The summed E-state index contributed by atoms with van der Waals surface area (Å²) in [5.74, 6) is -1.54. The van der Waals surface area contributed by atoms with E-state index >= 15 is 0 Å². The van der Waals surface area contributed by atoms with E-state index in [-0.39, 0.29) is 23.5 Å². The number of hydrogen-bond donors (Lipinski definition) is 4. The van der Waals surface area contributed by atoms with E-state index in [1.165, 1.54) is 10.8 Å². The Kier molecular flexibility index (Phi) is 5.90. The van der Waals surface area contributed by atoms with E-state index in [0.29, 0.717) is 40.0 Å². The van der Waals surface area contributed by atoms with Gasteiger partial charge in [-0.3, -0.25) is 4.79 Å². The summed E-state index contributed by atoms with van der Waals surface area (Å²) in [5, 5.41) is 11.8. The number of nitrogens with two attached hydrogens (primary N) is 1. The molecule has 0 aliphatic heterocycles. The highest BCUT2D eigenvalue weighted by molar-refractivity contribution is 6.07. The van der Waals surface area contributed by atoms with Crippen LogP contribution in [0.4, 0.5) is 39.5 Å². The van der Waals surface area contributed by atoms with Crippen molar-refractivity contribution in [1.82, 2.24) is 19.9 Å². The molecule has 2 aromatic carbocycles.